The van der Waals surface area contributed by atoms with Crippen molar-refractivity contribution >= 4 is 11.6 Å². The molecule has 2 heterocycles. The third-order valence-corrected chi connectivity index (χ3v) is 5.09. The van der Waals surface area contributed by atoms with E-state index in [9.17, 15) is 4.79 Å². The number of anilines is 1. The number of aryl methyl sites for hydroxylation is 1. The van der Waals surface area contributed by atoms with Crippen molar-refractivity contribution in [1.82, 2.24) is 9.88 Å². The average Bonchev–Trinajstić information content (AvgIpc) is 3.31. The maximum atomic E-state index is 12.9. The molecule has 1 unspecified atom stereocenters. The molecule has 1 amide bonds. The fraction of sp³-hybridized carbons (Fsp3) is 0.474. The Morgan fingerprint density at radius 3 is 2.75 bits per heavy atom. The summed E-state index contributed by atoms with van der Waals surface area (Å²) >= 11 is 0. The van der Waals surface area contributed by atoms with Crippen molar-refractivity contribution in [3.63, 3.8) is 0 Å². The van der Waals surface area contributed by atoms with Crippen LogP contribution in [0.5, 0.6) is 0 Å². The lowest BCUT2D eigenvalue weighted by molar-refractivity contribution is 0.0666. The minimum Gasteiger partial charge on any atom is -0.447 e. The molecule has 1 aliphatic heterocycles. The van der Waals surface area contributed by atoms with Gasteiger partial charge in [-0.1, -0.05) is 18.2 Å². The van der Waals surface area contributed by atoms with Crippen LogP contribution < -0.4 is 4.90 Å². The van der Waals surface area contributed by atoms with Gasteiger partial charge in [0.15, 0.2) is 12.1 Å². The van der Waals surface area contributed by atoms with Gasteiger partial charge in [-0.2, -0.15) is 0 Å². The van der Waals surface area contributed by atoms with Crippen molar-refractivity contribution in [2.75, 3.05) is 24.5 Å². The van der Waals surface area contributed by atoms with Crippen molar-refractivity contribution in [3.05, 3.63) is 47.7 Å². The molecule has 1 saturated carbocycles. The average molecular weight is 325 g/mol. The van der Waals surface area contributed by atoms with Crippen LogP contribution in [0.15, 0.2) is 35.1 Å². The van der Waals surface area contributed by atoms with E-state index < -0.39 is 0 Å². The number of hydrogen-bond acceptors (Lipinski definition) is 4. The summed E-state index contributed by atoms with van der Waals surface area (Å²) in [5, 5.41) is 0. The first-order chi connectivity index (χ1) is 11.6. The van der Waals surface area contributed by atoms with E-state index in [4.69, 9.17) is 4.42 Å². The van der Waals surface area contributed by atoms with E-state index in [1.54, 1.807) is 0 Å². The Bertz CT molecular complexity index is 751. The number of piperazine rings is 1. The Morgan fingerprint density at radius 2 is 2.04 bits per heavy atom. The van der Waals surface area contributed by atoms with Crippen molar-refractivity contribution in [2.24, 2.45) is 0 Å². The summed E-state index contributed by atoms with van der Waals surface area (Å²) < 4.78 is 5.47. The van der Waals surface area contributed by atoms with E-state index in [1.165, 1.54) is 17.6 Å². The smallest absolute Gasteiger partial charge is 0.276 e. The summed E-state index contributed by atoms with van der Waals surface area (Å²) in [6, 6.07) is 8.57. The van der Waals surface area contributed by atoms with Gasteiger partial charge in [0.2, 0.25) is 0 Å². The Balaban J connectivity index is 1.50. The second kappa shape index (κ2) is 5.96. The number of carbonyl (C=O) groups excluding carboxylic acids is 1. The molecule has 2 fully saturated rings. The normalized spacial score (nSPS) is 21.2. The van der Waals surface area contributed by atoms with E-state index >= 15 is 0 Å². The molecular formula is C19H23N3O2. The lowest BCUT2D eigenvalue weighted by Gasteiger charge is -2.41. The lowest BCUT2D eigenvalue weighted by atomic mass is 10.1. The van der Waals surface area contributed by atoms with Gasteiger partial charge in [0.1, 0.15) is 5.76 Å². The predicted octanol–water partition coefficient (Wildman–Crippen LogP) is 3.21. The van der Waals surface area contributed by atoms with Gasteiger partial charge in [0.05, 0.1) is 0 Å². The Morgan fingerprint density at radius 1 is 1.25 bits per heavy atom. The molecule has 1 aromatic heterocycles. The van der Waals surface area contributed by atoms with Crippen molar-refractivity contribution in [1.29, 1.82) is 0 Å². The molecule has 0 bridgehead atoms. The summed E-state index contributed by atoms with van der Waals surface area (Å²) in [7, 11) is 0. The Labute approximate surface area is 142 Å². The van der Waals surface area contributed by atoms with Crippen LogP contribution in [0, 0.1) is 6.92 Å². The quantitative estimate of drug-likeness (QED) is 0.869. The Kier molecular flexibility index (Phi) is 3.79. The molecule has 1 aliphatic carbocycles. The Hall–Kier alpha value is -2.30. The highest BCUT2D eigenvalue weighted by Crippen LogP contribution is 2.41. The van der Waals surface area contributed by atoms with Gasteiger partial charge in [0.25, 0.3) is 5.91 Å². The molecule has 0 radical (unpaired) electrons. The molecular weight excluding hydrogens is 302 g/mol. The summed E-state index contributed by atoms with van der Waals surface area (Å²) in [4.78, 5) is 21.4. The van der Waals surface area contributed by atoms with Crippen molar-refractivity contribution in [3.8, 4) is 0 Å². The fourth-order valence-corrected chi connectivity index (χ4v) is 3.58. The largest absolute Gasteiger partial charge is 0.447 e. The number of amides is 1. The molecule has 2 aliphatic rings. The number of aromatic nitrogens is 1. The lowest BCUT2D eigenvalue weighted by Crippen LogP contribution is -2.54. The van der Waals surface area contributed by atoms with Gasteiger partial charge < -0.3 is 14.2 Å². The number of carbonyl (C=O) groups is 1. The zero-order valence-corrected chi connectivity index (χ0v) is 14.2. The first-order valence-electron chi connectivity index (χ1n) is 8.70. The molecule has 24 heavy (non-hydrogen) atoms. The summed E-state index contributed by atoms with van der Waals surface area (Å²) in [6.07, 6.45) is 3.62. The van der Waals surface area contributed by atoms with E-state index in [2.05, 4.69) is 48.0 Å². The second-order valence-electron chi connectivity index (χ2n) is 6.92. The van der Waals surface area contributed by atoms with Crippen LogP contribution in [-0.2, 0) is 0 Å². The van der Waals surface area contributed by atoms with Gasteiger partial charge in [-0.05, 0) is 38.3 Å². The van der Waals surface area contributed by atoms with Crippen LogP contribution in [0.4, 0.5) is 5.69 Å². The first kappa shape index (κ1) is 15.2. The van der Waals surface area contributed by atoms with E-state index in [0.29, 0.717) is 18.2 Å². The minimum absolute atomic E-state index is 0.0163. The van der Waals surface area contributed by atoms with Crippen LogP contribution >= 0.6 is 0 Å². The third kappa shape index (κ3) is 2.68. The highest BCUT2D eigenvalue weighted by molar-refractivity contribution is 5.94. The third-order valence-electron chi connectivity index (χ3n) is 5.09. The van der Waals surface area contributed by atoms with Crippen LogP contribution in [0.25, 0.3) is 0 Å². The molecule has 5 heteroatoms. The number of benzene rings is 1. The zero-order valence-electron chi connectivity index (χ0n) is 14.2. The van der Waals surface area contributed by atoms with Gasteiger partial charge in [0, 0.05) is 37.3 Å². The fourth-order valence-electron chi connectivity index (χ4n) is 3.58. The molecule has 126 valence electrons. The molecule has 0 N–H and O–H groups in total. The van der Waals surface area contributed by atoms with Gasteiger partial charge in [-0.3, -0.25) is 4.79 Å². The van der Waals surface area contributed by atoms with E-state index in [1.807, 2.05) is 4.90 Å². The molecule has 1 aromatic carbocycles. The van der Waals surface area contributed by atoms with E-state index in [-0.39, 0.29) is 11.9 Å². The molecule has 1 saturated heterocycles. The molecule has 5 nitrogen and oxygen atoms in total. The molecule has 2 aromatic rings. The summed E-state index contributed by atoms with van der Waals surface area (Å²) in [5.74, 6) is 1.20. The highest BCUT2D eigenvalue weighted by Gasteiger charge is 2.36. The van der Waals surface area contributed by atoms with Crippen LogP contribution in [0.1, 0.15) is 47.5 Å². The SMILES string of the molecule is Cc1ccccc1N1CCN(C(=O)c2ncoc2C2CC2)C(C)C1. The monoisotopic (exact) mass is 325 g/mol. The number of para-hydroxylation sites is 1. The van der Waals surface area contributed by atoms with Gasteiger partial charge >= 0.3 is 0 Å². The number of rotatable bonds is 3. The van der Waals surface area contributed by atoms with Gasteiger partial charge in [-0.25, -0.2) is 4.98 Å². The summed E-state index contributed by atoms with van der Waals surface area (Å²) in [5.41, 5.74) is 3.06. The van der Waals surface area contributed by atoms with Crippen LogP contribution in [0.2, 0.25) is 0 Å². The van der Waals surface area contributed by atoms with Crippen LogP contribution in [0.3, 0.4) is 0 Å². The summed E-state index contributed by atoms with van der Waals surface area (Å²) in [6.45, 7) is 6.64. The van der Waals surface area contributed by atoms with E-state index in [0.717, 1.165) is 31.7 Å². The topological polar surface area (TPSA) is 49.6 Å². The molecule has 4 rings (SSSR count). The standard InChI is InChI=1S/C19H23N3O2/c1-13-5-3-4-6-16(13)21-9-10-22(14(2)11-21)19(23)17-18(15-7-8-15)24-12-20-17/h3-6,12,14-15H,7-11H2,1-2H3. The number of nitrogens with zero attached hydrogens (tertiary/aromatic N) is 3. The number of hydrogen-bond donors (Lipinski definition) is 0. The van der Waals surface area contributed by atoms with Crippen molar-refractivity contribution in [2.45, 2.75) is 38.6 Å². The maximum absolute atomic E-state index is 12.9. The second-order valence-corrected chi connectivity index (χ2v) is 6.92. The molecule has 1 atom stereocenters. The predicted molar refractivity (Wildman–Crippen MR) is 92.4 cm³/mol. The minimum atomic E-state index is 0.0163. The molecule has 0 spiro atoms. The highest BCUT2D eigenvalue weighted by atomic mass is 16.3. The number of oxazole rings is 1. The van der Waals surface area contributed by atoms with Gasteiger partial charge in [-0.15, -0.1) is 0 Å². The first-order valence-corrected chi connectivity index (χ1v) is 8.70. The van der Waals surface area contributed by atoms with Crippen LogP contribution in [-0.4, -0.2) is 41.5 Å². The van der Waals surface area contributed by atoms with Crippen molar-refractivity contribution < 1.29 is 9.21 Å². The maximum Gasteiger partial charge on any atom is 0.276 e. The zero-order chi connectivity index (χ0) is 16.7.